The highest BCUT2D eigenvalue weighted by Gasteiger charge is 2.39. The Labute approximate surface area is 341 Å². The van der Waals surface area contributed by atoms with Crippen molar-refractivity contribution in [1.82, 2.24) is 15.0 Å². The number of hydrogen-bond acceptors (Lipinski definition) is 4. The molecule has 1 aliphatic heterocycles. The molecule has 4 heteroatoms. The molecule has 1 aliphatic carbocycles. The third kappa shape index (κ3) is 5.49. The van der Waals surface area contributed by atoms with Gasteiger partial charge in [0.1, 0.15) is 0 Å². The summed E-state index contributed by atoms with van der Waals surface area (Å²) in [5.74, 6) is 2.12. The second-order valence-corrected chi connectivity index (χ2v) is 15.5. The van der Waals surface area contributed by atoms with E-state index in [-0.39, 0.29) is 12.0 Å². The fourth-order valence-corrected chi connectivity index (χ4v) is 9.47. The molecule has 276 valence electrons. The van der Waals surface area contributed by atoms with Crippen LogP contribution in [0.4, 0.5) is 11.4 Å². The van der Waals surface area contributed by atoms with Crippen molar-refractivity contribution >= 4 is 55.8 Å². The van der Waals surface area contributed by atoms with Crippen LogP contribution in [0.5, 0.6) is 0 Å². The zero-order valence-corrected chi connectivity index (χ0v) is 32.1. The fourth-order valence-electron chi connectivity index (χ4n) is 9.47. The lowest BCUT2D eigenvalue weighted by molar-refractivity contribution is 0.804. The molecule has 2 heterocycles. The summed E-state index contributed by atoms with van der Waals surface area (Å²) in [6.07, 6.45) is 4.96. The molecule has 12 rings (SSSR count). The summed E-state index contributed by atoms with van der Waals surface area (Å²) >= 11 is 0. The minimum absolute atomic E-state index is 0.0782. The lowest BCUT2D eigenvalue weighted by atomic mass is 9.88. The van der Waals surface area contributed by atoms with E-state index in [0.717, 1.165) is 55.0 Å². The molecule has 2 unspecified atom stereocenters. The van der Waals surface area contributed by atoms with Crippen LogP contribution < -0.4 is 15.3 Å². The third-order valence-corrected chi connectivity index (χ3v) is 12.2. The minimum atomic E-state index is 0.0782. The average Bonchev–Trinajstić information content (AvgIpc) is 3.61. The van der Waals surface area contributed by atoms with E-state index in [4.69, 9.17) is 15.0 Å². The molecule has 4 nitrogen and oxygen atoms in total. The van der Waals surface area contributed by atoms with Crippen molar-refractivity contribution < 1.29 is 0 Å². The summed E-state index contributed by atoms with van der Waals surface area (Å²) in [7, 11) is 0. The first kappa shape index (κ1) is 33.4. The van der Waals surface area contributed by atoms with Gasteiger partial charge in [-0.1, -0.05) is 182 Å². The van der Waals surface area contributed by atoms with E-state index in [1.165, 1.54) is 32.5 Å². The van der Waals surface area contributed by atoms with Crippen LogP contribution in [0.2, 0.25) is 0 Å². The predicted octanol–water partition coefficient (Wildman–Crippen LogP) is 11.9. The van der Waals surface area contributed by atoms with E-state index >= 15 is 0 Å². The van der Waals surface area contributed by atoms with E-state index < -0.39 is 0 Å². The van der Waals surface area contributed by atoms with Crippen LogP contribution in [0.1, 0.15) is 11.5 Å². The second kappa shape index (κ2) is 13.5. The van der Waals surface area contributed by atoms with E-state index in [1.807, 2.05) is 18.2 Å². The first-order chi connectivity index (χ1) is 29.2. The molecule has 0 radical (unpaired) electrons. The van der Waals surface area contributed by atoms with Gasteiger partial charge < -0.3 is 4.90 Å². The summed E-state index contributed by atoms with van der Waals surface area (Å²) in [5.41, 5.74) is 8.94. The van der Waals surface area contributed by atoms with Crippen LogP contribution in [0.25, 0.3) is 89.8 Å². The zero-order valence-electron chi connectivity index (χ0n) is 32.1. The molecule has 0 saturated carbocycles. The van der Waals surface area contributed by atoms with Crippen molar-refractivity contribution in [2.75, 3.05) is 4.90 Å². The van der Waals surface area contributed by atoms with Gasteiger partial charge in [-0.3, -0.25) is 0 Å². The van der Waals surface area contributed by atoms with Crippen LogP contribution >= 0.6 is 0 Å². The number of fused-ring (bicyclic) bond motifs is 7. The standard InChI is InChI=1S/C55H36N4/c1-3-15-36(16-4-1)43-26-14-27-44-46(55-57-53(37-18-5-2-6-19-37)56-54(58-55)45-28-13-24-35-17-11-12-25-42(35)45)29-30-49(52(43)44)59-50-33-40-22-9-7-20-38(40)31-47(50)48-32-39-21-8-10-23-41(39)34-51(48)59/h1-34,47,50H. The quantitative estimate of drug-likeness (QED) is 0.176. The van der Waals surface area contributed by atoms with Crippen molar-refractivity contribution in [2.45, 2.75) is 12.0 Å². The maximum Gasteiger partial charge on any atom is 0.164 e. The molecule has 2 atom stereocenters. The Morgan fingerprint density at radius 3 is 1.71 bits per heavy atom. The second-order valence-electron chi connectivity index (χ2n) is 15.5. The average molecular weight is 753 g/mol. The molecule has 59 heavy (non-hydrogen) atoms. The van der Waals surface area contributed by atoms with Gasteiger partial charge in [-0.15, -0.1) is 0 Å². The summed E-state index contributed by atoms with van der Waals surface area (Å²) < 4.78 is 0. The number of aromatic nitrogens is 3. The van der Waals surface area contributed by atoms with Crippen LogP contribution in [0.3, 0.4) is 0 Å². The molecule has 0 bridgehead atoms. The summed E-state index contributed by atoms with van der Waals surface area (Å²) in [6, 6.07) is 69.4. The highest BCUT2D eigenvalue weighted by atomic mass is 15.2. The van der Waals surface area contributed by atoms with Gasteiger partial charge in [0.2, 0.25) is 0 Å². The Balaban J connectivity index is 1.15. The van der Waals surface area contributed by atoms with Gasteiger partial charge in [0, 0.05) is 33.7 Å². The van der Waals surface area contributed by atoms with E-state index in [1.54, 1.807) is 0 Å². The molecule has 10 aromatic rings. The number of rotatable bonds is 5. The van der Waals surface area contributed by atoms with Gasteiger partial charge in [-0.25, -0.2) is 15.0 Å². The first-order valence-electron chi connectivity index (χ1n) is 20.3. The van der Waals surface area contributed by atoms with Crippen LogP contribution in [0, 0.1) is 0 Å². The van der Waals surface area contributed by atoms with Gasteiger partial charge in [0.15, 0.2) is 17.5 Å². The zero-order chi connectivity index (χ0) is 38.9. The lowest BCUT2D eigenvalue weighted by Gasteiger charge is -2.31. The Kier molecular flexibility index (Phi) is 7.63. The molecular formula is C55H36N4. The Bertz CT molecular complexity index is 3410. The van der Waals surface area contributed by atoms with Crippen molar-refractivity contribution in [2.24, 2.45) is 0 Å². The van der Waals surface area contributed by atoms with Crippen molar-refractivity contribution in [3.05, 3.63) is 210 Å². The normalized spacial score (nSPS) is 15.4. The summed E-state index contributed by atoms with van der Waals surface area (Å²) in [5, 5.41) is 9.54. The van der Waals surface area contributed by atoms with E-state index in [2.05, 4.69) is 193 Å². The fraction of sp³-hybridized carbons (Fsp3) is 0.0364. The topological polar surface area (TPSA) is 41.9 Å². The number of hydrogen-bond donors (Lipinski definition) is 0. The molecule has 9 aromatic carbocycles. The molecule has 1 aromatic heterocycles. The maximum atomic E-state index is 5.34. The number of benzene rings is 9. The highest BCUT2D eigenvalue weighted by Crippen LogP contribution is 2.52. The first-order valence-corrected chi connectivity index (χ1v) is 20.3. The molecule has 0 spiro atoms. The number of nitrogens with zero attached hydrogens (tertiary/aromatic N) is 4. The Morgan fingerprint density at radius 1 is 0.373 bits per heavy atom. The van der Waals surface area contributed by atoms with Gasteiger partial charge in [-0.05, 0) is 78.3 Å². The Hall–Kier alpha value is -7.69. The molecule has 0 amide bonds. The maximum absolute atomic E-state index is 5.34. The molecule has 2 aliphatic rings. The summed E-state index contributed by atoms with van der Waals surface area (Å²) in [4.78, 5) is 18.4. The molecule has 0 N–H and O–H groups in total. The van der Waals surface area contributed by atoms with Crippen molar-refractivity contribution in [3.63, 3.8) is 0 Å². The summed E-state index contributed by atoms with van der Waals surface area (Å²) in [6.45, 7) is 0. The van der Waals surface area contributed by atoms with Crippen molar-refractivity contribution in [3.8, 4) is 45.3 Å². The Morgan fingerprint density at radius 2 is 0.932 bits per heavy atom. The smallest absolute Gasteiger partial charge is 0.164 e. The van der Waals surface area contributed by atoms with E-state index in [0.29, 0.717) is 17.5 Å². The molecule has 0 fully saturated rings. The lowest BCUT2D eigenvalue weighted by Crippen LogP contribution is -2.38. The monoisotopic (exact) mass is 752 g/mol. The third-order valence-electron chi connectivity index (χ3n) is 12.2. The van der Waals surface area contributed by atoms with Gasteiger partial charge >= 0.3 is 0 Å². The van der Waals surface area contributed by atoms with Gasteiger partial charge in [0.25, 0.3) is 0 Å². The van der Waals surface area contributed by atoms with Crippen LogP contribution in [0.15, 0.2) is 194 Å². The van der Waals surface area contributed by atoms with Crippen molar-refractivity contribution in [1.29, 1.82) is 0 Å². The SMILES string of the molecule is C1=c2ccccc2=CC2C1c1cc3ccccc3cc1N2c1ccc(-c2nc(-c3ccccc3)nc(-c3cccc4ccccc34)n2)c2cccc(-c3ccccc3)c12. The highest BCUT2D eigenvalue weighted by molar-refractivity contribution is 6.12. The van der Waals surface area contributed by atoms with Gasteiger partial charge in [0.05, 0.1) is 11.7 Å². The molecule has 0 saturated heterocycles. The number of anilines is 2. The van der Waals surface area contributed by atoms with Crippen LogP contribution in [-0.2, 0) is 0 Å². The molecular weight excluding hydrogens is 717 g/mol. The minimum Gasteiger partial charge on any atom is -0.333 e. The predicted molar refractivity (Wildman–Crippen MR) is 244 cm³/mol. The van der Waals surface area contributed by atoms with Crippen LogP contribution in [-0.4, -0.2) is 21.0 Å². The van der Waals surface area contributed by atoms with Gasteiger partial charge in [-0.2, -0.15) is 0 Å². The largest absolute Gasteiger partial charge is 0.333 e. The van der Waals surface area contributed by atoms with E-state index in [9.17, 15) is 0 Å².